The van der Waals surface area contributed by atoms with Gasteiger partial charge in [0.05, 0.1) is 46.3 Å². The molecule has 2 rings (SSSR count). The molecule has 252 valence electrons. The summed E-state index contributed by atoms with van der Waals surface area (Å²) in [7, 11) is -1.43. The zero-order valence-corrected chi connectivity index (χ0v) is 27.2. The largest absolute Gasteiger partial charge is 0.469 e. The molecule has 9 nitrogen and oxygen atoms in total. The third kappa shape index (κ3) is 13.6. The Morgan fingerprint density at radius 2 is 1.07 bits per heavy atom. The molecule has 0 saturated carbocycles. The molecule has 0 heterocycles. The molecule has 0 atom stereocenters. The quantitative estimate of drug-likeness (QED) is 0.228. The Hall–Kier alpha value is -2.60. The second kappa shape index (κ2) is 16.1. The van der Waals surface area contributed by atoms with Gasteiger partial charge in [0, 0.05) is 10.7 Å². The van der Waals surface area contributed by atoms with Crippen molar-refractivity contribution in [2.45, 2.75) is 55.4 Å². The van der Waals surface area contributed by atoms with Crippen molar-refractivity contribution in [3.8, 4) is 0 Å². The lowest BCUT2D eigenvalue weighted by molar-refractivity contribution is -0.149. The number of halogens is 8. The number of hydrogen-bond donors (Lipinski definition) is 1. The molecule has 19 heteroatoms. The third-order valence-corrected chi connectivity index (χ3v) is 8.49. The summed E-state index contributed by atoms with van der Waals surface area (Å²) in [6.07, 6.45) is -9.52. The Balaban J connectivity index is 0. The van der Waals surface area contributed by atoms with Gasteiger partial charge in [-0.1, -0.05) is 24.3 Å². The van der Waals surface area contributed by atoms with Crippen LogP contribution in [0, 0.1) is 5.41 Å². The van der Waals surface area contributed by atoms with E-state index in [2.05, 4.69) is 9.47 Å². The summed E-state index contributed by atoms with van der Waals surface area (Å²) in [5.74, 6) is -1.98. The van der Waals surface area contributed by atoms with E-state index in [1.165, 1.54) is 33.1 Å². The summed E-state index contributed by atoms with van der Waals surface area (Å²) in [6.45, 7) is 5.79. The first-order chi connectivity index (χ1) is 19.1. The lowest BCUT2D eigenvalue weighted by Crippen LogP contribution is -2.42. The summed E-state index contributed by atoms with van der Waals surface area (Å²) >= 11 is 0. The molecule has 0 unspecified atom stereocenters. The number of sulfone groups is 1. The number of ether oxygens (including phenoxy) is 2. The number of alkyl halides is 6. The zero-order chi connectivity index (χ0) is 34.2. The smallest absolute Gasteiger partial charge is 0.417 e. The van der Waals surface area contributed by atoms with Crippen LogP contribution < -0.4 is 5.73 Å². The van der Waals surface area contributed by atoms with Gasteiger partial charge in [-0.2, -0.15) is 26.3 Å². The SMILES string of the molecule is COC(=O)C(C)(C)CS(=O)(=O)c1ccccc1C(F)(F)F.COC(=O)C(C)(C)N.Cl.O=S(=O)(Cl)c1ccccc1C(F)(F)F. The number of hydrogen-bond acceptors (Lipinski definition) is 9. The van der Waals surface area contributed by atoms with E-state index in [4.69, 9.17) is 16.4 Å². The van der Waals surface area contributed by atoms with Crippen molar-refractivity contribution in [1.82, 2.24) is 0 Å². The minimum absolute atomic E-state index is 0. The van der Waals surface area contributed by atoms with Crippen LogP contribution in [0.1, 0.15) is 38.8 Å². The Labute approximate surface area is 261 Å². The molecule has 0 saturated heterocycles. The maximum atomic E-state index is 12.9. The topological polar surface area (TPSA) is 147 Å². The van der Waals surface area contributed by atoms with Crippen LogP contribution in [0.3, 0.4) is 0 Å². The molecule has 0 aliphatic rings. The normalized spacial score (nSPS) is 12.3. The molecule has 0 spiro atoms. The van der Waals surface area contributed by atoms with Gasteiger partial charge in [-0.25, -0.2) is 16.8 Å². The van der Waals surface area contributed by atoms with Gasteiger partial charge in [0.15, 0.2) is 9.84 Å². The molecule has 0 aliphatic heterocycles. The molecule has 2 aromatic rings. The molecule has 0 fully saturated rings. The van der Waals surface area contributed by atoms with Gasteiger partial charge < -0.3 is 15.2 Å². The van der Waals surface area contributed by atoms with E-state index in [0.29, 0.717) is 12.1 Å². The van der Waals surface area contributed by atoms with E-state index < -0.39 is 80.8 Å². The van der Waals surface area contributed by atoms with E-state index in [1.54, 1.807) is 13.8 Å². The molecular formula is C25H31Cl2F6NO8S2. The van der Waals surface area contributed by atoms with E-state index >= 15 is 0 Å². The number of rotatable bonds is 6. The fourth-order valence-electron chi connectivity index (χ4n) is 3.04. The Bertz CT molecular complexity index is 1490. The van der Waals surface area contributed by atoms with Crippen LogP contribution in [0.2, 0.25) is 0 Å². The maximum absolute atomic E-state index is 12.9. The number of esters is 2. The summed E-state index contributed by atoms with van der Waals surface area (Å²) in [6, 6.07) is 7.61. The van der Waals surface area contributed by atoms with Crippen molar-refractivity contribution in [2.75, 3.05) is 20.0 Å². The number of carbonyl (C=O) groups is 2. The van der Waals surface area contributed by atoms with E-state index in [9.17, 15) is 52.8 Å². The van der Waals surface area contributed by atoms with Crippen LogP contribution in [0.15, 0.2) is 58.3 Å². The van der Waals surface area contributed by atoms with E-state index in [1.807, 2.05) is 0 Å². The average molecular weight is 723 g/mol. The Morgan fingerprint density at radius 3 is 1.34 bits per heavy atom. The third-order valence-electron chi connectivity index (χ3n) is 4.98. The lowest BCUT2D eigenvalue weighted by atomic mass is 9.97. The average Bonchev–Trinajstić information content (AvgIpc) is 2.85. The van der Waals surface area contributed by atoms with Crippen molar-refractivity contribution >= 4 is 53.9 Å². The first kappa shape index (κ1) is 43.5. The number of methoxy groups -OCH3 is 2. The highest BCUT2D eigenvalue weighted by Crippen LogP contribution is 2.36. The summed E-state index contributed by atoms with van der Waals surface area (Å²) < 4.78 is 130. The second-order valence-electron chi connectivity index (χ2n) is 9.77. The Morgan fingerprint density at radius 1 is 0.727 bits per heavy atom. The molecule has 44 heavy (non-hydrogen) atoms. The minimum Gasteiger partial charge on any atom is -0.469 e. The molecule has 0 amide bonds. The predicted molar refractivity (Wildman–Crippen MR) is 151 cm³/mol. The molecule has 0 radical (unpaired) electrons. The van der Waals surface area contributed by atoms with Gasteiger partial charge in [0.1, 0.15) is 5.54 Å². The van der Waals surface area contributed by atoms with Crippen molar-refractivity contribution in [2.24, 2.45) is 11.1 Å². The van der Waals surface area contributed by atoms with Crippen molar-refractivity contribution in [1.29, 1.82) is 0 Å². The van der Waals surface area contributed by atoms with Crippen molar-refractivity contribution in [3.05, 3.63) is 59.7 Å². The van der Waals surface area contributed by atoms with Gasteiger partial charge in [0.2, 0.25) is 0 Å². The van der Waals surface area contributed by atoms with Crippen LogP contribution in [0.5, 0.6) is 0 Å². The second-order valence-corrected chi connectivity index (χ2v) is 14.3. The molecule has 2 N–H and O–H groups in total. The zero-order valence-electron chi connectivity index (χ0n) is 24.0. The minimum atomic E-state index is -4.79. The van der Waals surface area contributed by atoms with Crippen LogP contribution in [-0.2, 0) is 50.3 Å². The van der Waals surface area contributed by atoms with Gasteiger partial charge in [-0.15, -0.1) is 12.4 Å². The van der Waals surface area contributed by atoms with Gasteiger partial charge >= 0.3 is 24.3 Å². The number of carbonyl (C=O) groups excluding carboxylic acids is 2. The van der Waals surface area contributed by atoms with Crippen LogP contribution in [0.25, 0.3) is 0 Å². The summed E-state index contributed by atoms with van der Waals surface area (Å²) in [5, 5.41) is 0. The summed E-state index contributed by atoms with van der Waals surface area (Å²) in [5.41, 5.74) is 0.511. The lowest BCUT2D eigenvalue weighted by Gasteiger charge is -2.22. The van der Waals surface area contributed by atoms with Gasteiger partial charge in [0.25, 0.3) is 9.05 Å². The van der Waals surface area contributed by atoms with Crippen LogP contribution in [0.4, 0.5) is 26.3 Å². The fraction of sp³-hybridized carbons (Fsp3) is 0.440. The number of benzene rings is 2. The van der Waals surface area contributed by atoms with Crippen molar-refractivity contribution < 1.29 is 62.2 Å². The van der Waals surface area contributed by atoms with E-state index in [0.717, 1.165) is 31.4 Å². The number of nitrogens with two attached hydrogens (primary N) is 1. The maximum Gasteiger partial charge on any atom is 0.417 e. The fourth-order valence-corrected chi connectivity index (χ4v) is 6.16. The molecular weight excluding hydrogens is 691 g/mol. The standard InChI is InChI=1S/C13H15F3O4S.C7H4ClF3O2S.C5H11NO2.ClH/c1-12(2,11(17)20-3)8-21(18,19)10-7-5-4-6-9(10)13(14,15)16;8-14(12,13)6-4-2-1-3-5(6)7(9,10)11;1-5(2,6)4(7)8-3;/h4-7H,8H2,1-3H3;1-4H;6H2,1-3H3;1H. The first-order valence-corrected chi connectivity index (χ1v) is 15.5. The highest BCUT2D eigenvalue weighted by molar-refractivity contribution is 8.13. The van der Waals surface area contributed by atoms with Gasteiger partial charge in [-0.3, -0.25) is 9.59 Å². The summed E-state index contributed by atoms with van der Waals surface area (Å²) in [4.78, 5) is 20.2. The van der Waals surface area contributed by atoms with Crippen LogP contribution >= 0.6 is 23.1 Å². The molecule has 2 aromatic carbocycles. The first-order valence-electron chi connectivity index (χ1n) is 11.6. The van der Waals surface area contributed by atoms with Crippen molar-refractivity contribution in [3.63, 3.8) is 0 Å². The monoisotopic (exact) mass is 721 g/mol. The highest BCUT2D eigenvalue weighted by Gasteiger charge is 2.41. The highest BCUT2D eigenvalue weighted by atomic mass is 35.7. The van der Waals surface area contributed by atoms with Gasteiger partial charge in [-0.05, 0) is 52.0 Å². The Kier molecular flexibility index (Phi) is 15.9. The van der Waals surface area contributed by atoms with Crippen LogP contribution in [-0.4, -0.2) is 54.3 Å². The van der Waals surface area contributed by atoms with E-state index in [-0.39, 0.29) is 12.4 Å². The molecule has 0 bridgehead atoms. The molecule has 0 aromatic heterocycles. The molecule has 0 aliphatic carbocycles. The predicted octanol–water partition coefficient (Wildman–Crippen LogP) is 5.63.